The van der Waals surface area contributed by atoms with Crippen LogP contribution in [0.25, 0.3) is 0 Å². The molecule has 2 nitrogen and oxygen atoms in total. The second kappa shape index (κ2) is 8.30. The number of thiocarbonyl (C=S) groups is 1. The second-order valence-corrected chi connectivity index (χ2v) is 3.91. The van der Waals surface area contributed by atoms with Crippen LogP contribution in [0.5, 0.6) is 0 Å². The molecule has 13 heavy (non-hydrogen) atoms. The third-order valence-electron chi connectivity index (χ3n) is 2.12. The summed E-state index contributed by atoms with van der Waals surface area (Å²) in [5, 5.41) is 7.20. The minimum absolute atomic E-state index is 0.700. The topological polar surface area (TPSA) is 24.1 Å². The molecule has 78 valence electrons. The van der Waals surface area contributed by atoms with Gasteiger partial charge in [-0.25, -0.2) is 0 Å². The maximum absolute atomic E-state index is 5.11. The minimum Gasteiger partial charge on any atom is -0.363 e. The van der Waals surface area contributed by atoms with E-state index in [0.717, 1.165) is 18.2 Å². The molecule has 2 N–H and O–H groups in total. The van der Waals surface area contributed by atoms with Gasteiger partial charge < -0.3 is 10.6 Å². The van der Waals surface area contributed by atoms with Gasteiger partial charge in [0, 0.05) is 13.1 Å². The van der Waals surface area contributed by atoms with Crippen molar-refractivity contribution in [1.29, 1.82) is 0 Å². The molecule has 0 aromatic rings. The van der Waals surface area contributed by atoms with E-state index in [9.17, 15) is 0 Å². The van der Waals surface area contributed by atoms with Crippen LogP contribution in [-0.4, -0.2) is 18.2 Å². The number of nitrogens with one attached hydrogen (secondary N) is 2. The molecule has 0 amide bonds. The van der Waals surface area contributed by atoms with Crippen LogP contribution in [0.15, 0.2) is 0 Å². The molecular formula is C10H22N2S. The summed E-state index contributed by atoms with van der Waals surface area (Å²) in [6.07, 6.45) is 3.59. The van der Waals surface area contributed by atoms with Crippen LogP contribution >= 0.6 is 12.2 Å². The first kappa shape index (κ1) is 12.7. The number of unbranched alkanes of at least 4 members (excludes halogenated alkanes) is 1. The molecule has 0 heterocycles. The lowest BCUT2D eigenvalue weighted by atomic mass is 10.1. The Morgan fingerprint density at radius 2 is 2.00 bits per heavy atom. The van der Waals surface area contributed by atoms with E-state index in [2.05, 4.69) is 31.4 Å². The highest BCUT2D eigenvalue weighted by Crippen LogP contribution is 1.96. The minimum atomic E-state index is 0.700. The zero-order valence-corrected chi connectivity index (χ0v) is 9.84. The lowest BCUT2D eigenvalue weighted by Gasteiger charge is -2.13. The molecule has 0 fully saturated rings. The molecule has 0 spiro atoms. The summed E-state index contributed by atoms with van der Waals surface area (Å²) in [7, 11) is 0. The van der Waals surface area contributed by atoms with Crippen LogP contribution in [0.2, 0.25) is 0 Å². The van der Waals surface area contributed by atoms with Gasteiger partial charge in [-0.15, -0.1) is 0 Å². The summed E-state index contributed by atoms with van der Waals surface area (Å²) >= 11 is 5.11. The fraction of sp³-hybridized carbons (Fsp3) is 0.900. The highest BCUT2D eigenvalue weighted by Gasteiger charge is 1.99. The molecule has 0 aliphatic carbocycles. The van der Waals surface area contributed by atoms with Crippen LogP contribution in [0, 0.1) is 5.92 Å². The van der Waals surface area contributed by atoms with Crippen molar-refractivity contribution in [2.75, 3.05) is 13.1 Å². The number of hydrogen-bond acceptors (Lipinski definition) is 1. The molecule has 0 saturated carbocycles. The second-order valence-electron chi connectivity index (χ2n) is 3.50. The third-order valence-corrected chi connectivity index (χ3v) is 2.41. The van der Waals surface area contributed by atoms with E-state index < -0.39 is 0 Å². The lowest BCUT2D eigenvalue weighted by molar-refractivity contribution is 0.545. The normalized spacial score (nSPS) is 12.2. The molecular weight excluding hydrogens is 180 g/mol. The Balaban J connectivity index is 3.30. The van der Waals surface area contributed by atoms with Crippen molar-refractivity contribution in [1.82, 2.24) is 10.6 Å². The van der Waals surface area contributed by atoms with E-state index in [1.54, 1.807) is 0 Å². The highest BCUT2D eigenvalue weighted by atomic mass is 32.1. The third kappa shape index (κ3) is 8.03. The van der Waals surface area contributed by atoms with E-state index in [1.165, 1.54) is 19.3 Å². The highest BCUT2D eigenvalue weighted by molar-refractivity contribution is 7.80. The van der Waals surface area contributed by atoms with Gasteiger partial charge in [0.15, 0.2) is 5.11 Å². The maximum atomic E-state index is 5.11. The van der Waals surface area contributed by atoms with Crippen LogP contribution in [0.1, 0.15) is 40.0 Å². The number of hydrogen-bond donors (Lipinski definition) is 2. The summed E-state index contributed by atoms with van der Waals surface area (Å²) in [6, 6.07) is 0. The van der Waals surface area contributed by atoms with E-state index in [0.29, 0.717) is 5.92 Å². The summed E-state index contributed by atoms with van der Waals surface area (Å²) in [5.41, 5.74) is 0. The SMILES string of the molecule is CCCCNC(=S)NCC(C)CC. The lowest BCUT2D eigenvalue weighted by Crippen LogP contribution is -2.37. The molecule has 1 atom stereocenters. The van der Waals surface area contributed by atoms with Gasteiger partial charge in [-0.2, -0.15) is 0 Å². The Morgan fingerprint density at radius 3 is 2.54 bits per heavy atom. The summed E-state index contributed by atoms with van der Waals surface area (Å²) in [6.45, 7) is 8.57. The van der Waals surface area contributed by atoms with Crippen molar-refractivity contribution in [3.05, 3.63) is 0 Å². The Bertz CT molecular complexity index is 137. The van der Waals surface area contributed by atoms with Crippen molar-refractivity contribution in [2.45, 2.75) is 40.0 Å². The van der Waals surface area contributed by atoms with Gasteiger partial charge >= 0.3 is 0 Å². The van der Waals surface area contributed by atoms with Crippen molar-refractivity contribution < 1.29 is 0 Å². The Hall–Kier alpha value is -0.310. The molecule has 0 radical (unpaired) electrons. The molecule has 3 heteroatoms. The largest absolute Gasteiger partial charge is 0.363 e. The van der Waals surface area contributed by atoms with Gasteiger partial charge in [0.05, 0.1) is 0 Å². The summed E-state index contributed by atoms with van der Waals surface area (Å²) < 4.78 is 0. The number of rotatable bonds is 6. The van der Waals surface area contributed by atoms with Gasteiger partial charge in [-0.05, 0) is 24.6 Å². The summed E-state index contributed by atoms with van der Waals surface area (Å²) in [5.74, 6) is 0.700. The van der Waals surface area contributed by atoms with Gasteiger partial charge in [0.1, 0.15) is 0 Å². The molecule has 0 aliphatic rings. The quantitative estimate of drug-likeness (QED) is 0.510. The van der Waals surface area contributed by atoms with Gasteiger partial charge in [0.25, 0.3) is 0 Å². The standard InChI is InChI=1S/C10H22N2S/c1-4-6-7-11-10(13)12-8-9(3)5-2/h9H,4-8H2,1-3H3,(H2,11,12,13). The predicted octanol–water partition coefficient (Wildman–Crippen LogP) is 2.30. The Labute approximate surface area is 87.5 Å². The van der Waals surface area contributed by atoms with E-state index in [1.807, 2.05) is 0 Å². The zero-order valence-electron chi connectivity index (χ0n) is 9.02. The van der Waals surface area contributed by atoms with E-state index in [-0.39, 0.29) is 0 Å². The molecule has 0 aromatic heterocycles. The van der Waals surface area contributed by atoms with Crippen molar-refractivity contribution >= 4 is 17.3 Å². The molecule has 0 aromatic carbocycles. The van der Waals surface area contributed by atoms with Crippen LogP contribution < -0.4 is 10.6 Å². The molecule has 0 saturated heterocycles. The van der Waals surface area contributed by atoms with Gasteiger partial charge in [-0.1, -0.05) is 33.6 Å². The first-order valence-corrected chi connectivity index (χ1v) is 5.63. The Morgan fingerprint density at radius 1 is 1.31 bits per heavy atom. The van der Waals surface area contributed by atoms with Crippen molar-refractivity contribution in [2.24, 2.45) is 5.92 Å². The van der Waals surface area contributed by atoms with E-state index >= 15 is 0 Å². The van der Waals surface area contributed by atoms with Gasteiger partial charge in [0.2, 0.25) is 0 Å². The van der Waals surface area contributed by atoms with Gasteiger partial charge in [-0.3, -0.25) is 0 Å². The van der Waals surface area contributed by atoms with Crippen LogP contribution in [0.4, 0.5) is 0 Å². The van der Waals surface area contributed by atoms with E-state index in [4.69, 9.17) is 12.2 Å². The van der Waals surface area contributed by atoms with Crippen molar-refractivity contribution in [3.8, 4) is 0 Å². The monoisotopic (exact) mass is 202 g/mol. The average Bonchev–Trinajstić information content (AvgIpc) is 2.14. The fourth-order valence-corrected chi connectivity index (χ4v) is 1.04. The smallest absolute Gasteiger partial charge is 0.166 e. The molecule has 0 aliphatic heterocycles. The zero-order chi connectivity index (χ0) is 10.1. The van der Waals surface area contributed by atoms with Crippen LogP contribution in [-0.2, 0) is 0 Å². The Kier molecular flexibility index (Phi) is 8.10. The summed E-state index contributed by atoms with van der Waals surface area (Å²) in [4.78, 5) is 0. The average molecular weight is 202 g/mol. The molecule has 0 rings (SSSR count). The predicted molar refractivity (Wildman–Crippen MR) is 63.0 cm³/mol. The molecule has 0 bridgehead atoms. The van der Waals surface area contributed by atoms with Crippen molar-refractivity contribution in [3.63, 3.8) is 0 Å². The fourth-order valence-electron chi connectivity index (χ4n) is 0.852. The maximum Gasteiger partial charge on any atom is 0.166 e. The first-order chi connectivity index (χ1) is 6.20. The first-order valence-electron chi connectivity index (χ1n) is 5.22. The van der Waals surface area contributed by atoms with Crippen LogP contribution in [0.3, 0.4) is 0 Å². The molecule has 1 unspecified atom stereocenters.